The first kappa shape index (κ1) is 72.9. The van der Waals surface area contributed by atoms with Crippen LogP contribution in [0.3, 0.4) is 0 Å². The number of carbonyl (C=O) groups is 1. The summed E-state index contributed by atoms with van der Waals surface area (Å²) in [4.78, 5) is 13.1. The third-order valence-corrected chi connectivity index (χ3v) is 14.6. The Labute approximate surface area is 478 Å². The summed E-state index contributed by atoms with van der Waals surface area (Å²) in [7, 11) is 0. The van der Waals surface area contributed by atoms with E-state index < -0.39 is 49.5 Å². The predicted octanol–water partition coefficient (Wildman–Crippen LogP) is 16.9. The Bertz CT molecular complexity index is 1590. The number of aliphatic hydroxyl groups excluding tert-OH is 5. The number of unbranched alkanes of at least 4 members (excludes halogenated alkanes) is 28. The van der Waals surface area contributed by atoms with E-state index in [1.54, 1.807) is 6.08 Å². The topological polar surface area (TPSA) is 149 Å². The van der Waals surface area contributed by atoms with Crippen LogP contribution >= 0.6 is 0 Å². The van der Waals surface area contributed by atoms with Crippen LogP contribution in [-0.4, -0.2) is 87.5 Å². The minimum atomic E-state index is -1.58. The lowest BCUT2D eigenvalue weighted by molar-refractivity contribution is -0.302. The van der Waals surface area contributed by atoms with Gasteiger partial charge in [-0.3, -0.25) is 4.79 Å². The van der Waals surface area contributed by atoms with E-state index in [-0.39, 0.29) is 12.5 Å². The number of hydrogen-bond donors (Lipinski definition) is 6. The molecule has 1 saturated heterocycles. The van der Waals surface area contributed by atoms with Gasteiger partial charge in [-0.1, -0.05) is 271 Å². The second kappa shape index (κ2) is 57.1. The molecule has 0 aromatic heterocycles. The van der Waals surface area contributed by atoms with Crippen molar-refractivity contribution in [2.24, 2.45) is 0 Å². The lowest BCUT2D eigenvalue weighted by Gasteiger charge is -2.40. The molecule has 1 rings (SSSR count). The molecule has 1 aliphatic heterocycles. The van der Waals surface area contributed by atoms with Crippen LogP contribution in [0.1, 0.15) is 264 Å². The van der Waals surface area contributed by atoms with Crippen molar-refractivity contribution in [2.75, 3.05) is 13.2 Å². The van der Waals surface area contributed by atoms with Gasteiger partial charge in [0.15, 0.2) is 6.29 Å². The van der Waals surface area contributed by atoms with Gasteiger partial charge >= 0.3 is 0 Å². The van der Waals surface area contributed by atoms with E-state index in [1.807, 2.05) is 6.08 Å². The highest BCUT2D eigenvalue weighted by Crippen LogP contribution is 2.23. The van der Waals surface area contributed by atoms with Crippen LogP contribution in [0.2, 0.25) is 0 Å². The summed E-state index contributed by atoms with van der Waals surface area (Å²) in [5.41, 5.74) is 0. The average molecular weight is 1090 g/mol. The van der Waals surface area contributed by atoms with Gasteiger partial charge in [0.05, 0.1) is 25.4 Å². The quantitative estimate of drug-likeness (QED) is 0.0261. The van der Waals surface area contributed by atoms with Crippen molar-refractivity contribution in [3.63, 3.8) is 0 Å². The van der Waals surface area contributed by atoms with Crippen LogP contribution in [0.5, 0.6) is 0 Å². The summed E-state index contributed by atoms with van der Waals surface area (Å²) in [5, 5.41) is 54.5. The van der Waals surface area contributed by atoms with E-state index in [4.69, 9.17) is 9.47 Å². The number of hydrogen-bond acceptors (Lipinski definition) is 8. The van der Waals surface area contributed by atoms with Crippen LogP contribution in [-0.2, 0) is 14.3 Å². The summed E-state index contributed by atoms with van der Waals surface area (Å²) in [6.45, 7) is 3.64. The fraction of sp³-hybridized carbons (Fsp3) is 0.725. The maximum absolute atomic E-state index is 13.1. The molecule has 0 aromatic rings. The summed E-state index contributed by atoms with van der Waals surface area (Å²) < 4.78 is 11.3. The summed E-state index contributed by atoms with van der Waals surface area (Å²) >= 11 is 0. The van der Waals surface area contributed by atoms with Crippen LogP contribution < -0.4 is 5.32 Å². The molecule has 448 valence electrons. The first-order valence-corrected chi connectivity index (χ1v) is 32.1. The van der Waals surface area contributed by atoms with Crippen molar-refractivity contribution in [2.45, 2.75) is 307 Å². The third kappa shape index (κ3) is 45.6. The Morgan fingerprint density at radius 3 is 1.23 bits per heavy atom. The molecule has 0 aliphatic carbocycles. The molecule has 6 N–H and O–H groups in total. The molecule has 7 unspecified atom stereocenters. The first-order chi connectivity index (χ1) is 38.3. The largest absolute Gasteiger partial charge is 0.394 e. The molecule has 0 spiro atoms. The SMILES string of the molecule is CC/C=C\C/C=C\C/C=C\C/C=C\C/C=C\C/C=C\CCCCCCCCCCCCCCCCCCCCCCC(=O)NC(COC1OC(CO)C(O)C(O)C1O)C(O)/C=C/CC/C=C/CC/C=C/CCCCCCCC. The van der Waals surface area contributed by atoms with Gasteiger partial charge in [-0.2, -0.15) is 0 Å². The molecule has 0 saturated carbocycles. The molecule has 1 heterocycles. The number of ether oxygens (including phenoxy) is 2. The van der Waals surface area contributed by atoms with E-state index in [0.717, 1.165) is 89.9 Å². The number of rotatable bonds is 54. The first-order valence-electron chi connectivity index (χ1n) is 32.1. The molecule has 0 radical (unpaired) electrons. The maximum atomic E-state index is 13.1. The van der Waals surface area contributed by atoms with Crippen molar-refractivity contribution in [3.05, 3.63) is 109 Å². The number of aliphatic hydroxyl groups is 5. The molecule has 7 atom stereocenters. The van der Waals surface area contributed by atoms with Crippen LogP contribution in [0.25, 0.3) is 0 Å². The van der Waals surface area contributed by atoms with Gasteiger partial charge in [-0.05, 0) is 96.3 Å². The van der Waals surface area contributed by atoms with Gasteiger partial charge in [-0.15, -0.1) is 0 Å². The molecule has 9 nitrogen and oxygen atoms in total. The number of carbonyl (C=O) groups excluding carboxylic acids is 1. The fourth-order valence-corrected chi connectivity index (χ4v) is 9.55. The zero-order valence-electron chi connectivity index (χ0n) is 49.9. The van der Waals surface area contributed by atoms with E-state index in [1.165, 1.54) is 154 Å². The molecule has 1 fully saturated rings. The van der Waals surface area contributed by atoms with E-state index in [9.17, 15) is 30.3 Å². The molecule has 9 heteroatoms. The lowest BCUT2D eigenvalue weighted by Crippen LogP contribution is -2.60. The standard InChI is InChI=1S/C69H119NO8/c1-3-5-7-9-11-13-15-17-19-21-22-23-24-25-26-27-28-29-30-31-32-33-34-35-36-37-38-39-40-41-42-43-45-47-49-51-53-55-57-59-65(73)70-62(61-77-69-68(76)67(75)66(74)64(60-71)78-69)63(72)58-56-54-52-50-48-46-44-20-18-16-14-12-10-8-6-4-2/h5,7,11,13,17-20,22-23,25-26,28-29,48,50,56,58,62-64,66-69,71-72,74-76H,3-4,6,8-10,12,14-16,21,24,27,30-47,49,51-55,57,59-61H2,1-2H3,(H,70,73)/b7-5-,13-11-,19-17-,20-18+,23-22-,26-25-,29-28-,50-48+,58-56+. The number of amides is 1. The summed E-state index contributed by atoms with van der Waals surface area (Å²) in [6, 6.07) is -0.832. The normalized spacial score (nSPS) is 19.4. The lowest BCUT2D eigenvalue weighted by atomic mass is 9.99. The fourth-order valence-electron chi connectivity index (χ4n) is 9.55. The Morgan fingerprint density at radius 1 is 0.449 bits per heavy atom. The van der Waals surface area contributed by atoms with Crippen molar-refractivity contribution < 1.29 is 39.8 Å². The Kier molecular flexibility index (Phi) is 53.3. The van der Waals surface area contributed by atoms with Crippen molar-refractivity contribution in [3.8, 4) is 0 Å². The summed E-state index contributed by atoms with van der Waals surface area (Å²) in [6.07, 6.45) is 77.6. The highest BCUT2D eigenvalue weighted by Gasteiger charge is 2.44. The molecular formula is C69H119NO8. The molecule has 1 aliphatic rings. The monoisotopic (exact) mass is 1090 g/mol. The van der Waals surface area contributed by atoms with E-state index in [2.05, 4.69) is 116 Å². The zero-order chi connectivity index (χ0) is 56.5. The van der Waals surface area contributed by atoms with E-state index in [0.29, 0.717) is 6.42 Å². The molecule has 0 bridgehead atoms. The van der Waals surface area contributed by atoms with E-state index >= 15 is 0 Å². The smallest absolute Gasteiger partial charge is 0.220 e. The highest BCUT2D eigenvalue weighted by atomic mass is 16.7. The zero-order valence-corrected chi connectivity index (χ0v) is 49.9. The molecule has 1 amide bonds. The molecule has 0 aromatic carbocycles. The Hall–Kier alpha value is -3.15. The van der Waals surface area contributed by atoms with Crippen molar-refractivity contribution in [1.29, 1.82) is 0 Å². The van der Waals surface area contributed by atoms with Gasteiger partial charge in [0.25, 0.3) is 0 Å². The molecular weight excluding hydrogens is 971 g/mol. The minimum Gasteiger partial charge on any atom is -0.394 e. The highest BCUT2D eigenvalue weighted by molar-refractivity contribution is 5.76. The van der Waals surface area contributed by atoms with Crippen molar-refractivity contribution >= 4 is 5.91 Å². The minimum absolute atomic E-state index is 0.191. The number of allylic oxidation sites excluding steroid dienone is 17. The van der Waals surface area contributed by atoms with Crippen LogP contribution in [0, 0.1) is 0 Å². The van der Waals surface area contributed by atoms with Gasteiger partial charge in [0, 0.05) is 6.42 Å². The van der Waals surface area contributed by atoms with Crippen LogP contribution in [0.15, 0.2) is 109 Å². The summed E-state index contributed by atoms with van der Waals surface area (Å²) in [5.74, 6) is -0.191. The average Bonchev–Trinajstić information content (AvgIpc) is 3.45. The van der Waals surface area contributed by atoms with Gasteiger partial charge < -0.3 is 40.3 Å². The van der Waals surface area contributed by atoms with Gasteiger partial charge in [-0.25, -0.2) is 0 Å². The van der Waals surface area contributed by atoms with Crippen LogP contribution in [0.4, 0.5) is 0 Å². The third-order valence-electron chi connectivity index (χ3n) is 14.6. The predicted molar refractivity (Wildman–Crippen MR) is 331 cm³/mol. The maximum Gasteiger partial charge on any atom is 0.220 e. The Balaban J connectivity index is 2.10. The number of nitrogens with one attached hydrogen (secondary N) is 1. The van der Waals surface area contributed by atoms with Gasteiger partial charge in [0.2, 0.25) is 5.91 Å². The Morgan fingerprint density at radius 2 is 0.808 bits per heavy atom. The second-order valence-corrected chi connectivity index (χ2v) is 21.8. The molecule has 78 heavy (non-hydrogen) atoms. The van der Waals surface area contributed by atoms with Crippen molar-refractivity contribution in [1.82, 2.24) is 5.32 Å². The second-order valence-electron chi connectivity index (χ2n) is 21.8. The van der Waals surface area contributed by atoms with Gasteiger partial charge in [0.1, 0.15) is 24.4 Å².